The maximum Gasteiger partial charge on any atom is 0.306 e. The first-order valence-corrected chi connectivity index (χ1v) is 8.55. The molecule has 0 heterocycles. The molecule has 0 unspecified atom stereocenters. The molecule has 1 atom stereocenters. The van der Waals surface area contributed by atoms with Crippen molar-refractivity contribution in [3.63, 3.8) is 0 Å². The van der Waals surface area contributed by atoms with E-state index in [0.29, 0.717) is 12.8 Å². The minimum Gasteiger partial charge on any atom is -0.465 e. The van der Waals surface area contributed by atoms with Gasteiger partial charge in [0.2, 0.25) is 5.91 Å². The summed E-state index contributed by atoms with van der Waals surface area (Å²) in [5.74, 6) is -1.98. The maximum atomic E-state index is 12.4. The minimum absolute atomic E-state index is 0.0206. The van der Waals surface area contributed by atoms with Crippen LogP contribution in [-0.4, -0.2) is 43.0 Å². The molecular formula is C17H30N2O6. The zero-order chi connectivity index (χ0) is 19.5. The van der Waals surface area contributed by atoms with Crippen molar-refractivity contribution in [1.29, 1.82) is 0 Å². The number of rotatable bonds is 12. The van der Waals surface area contributed by atoms with Crippen molar-refractivity contribution in [2.24, 2.45) is 11.1 Å². The first-order valence-electron chi connectivity index (χ1n) is 8.55. The Morgan fingerprint density at radius 2 is 1.56 bits per heavy atom. The van der Waals surface area contributed by atoms with Crippen LogP contribution in [0.1, 0.15) is 59.8 Å². The van der Waals surface area contributed by atoms with Gasteiger partial charge in [0, 0.05) is 31.2 Å². The number of hydrogen-bond acceptors (Lipinski definition) is 6. The monoisotopic (exact) mass is 358 g/mol. The Morgan fingerprint density at radius 1 is 1.00 bits per heavy atom. The molecule has 0 saturated heterocycles. The highest BCUT2D eigenvalue weighted by molar-refractivity contribution is 5.85. The third-order valence-electron chi connectivity index (χ3n) is 3.38. The predicted octanol–water partition coefficient (Wildman–Crippen LogP) is 1.06. The molecule has 0 aliphatic rings. The molecule has 0 bridgehead atoms. The van der Waals surface area contributed by atoms with E-state index in [4.69, 9.17) is 15.2 Å². The first-order chi connectivity index (χ1) is 11.6. The van der Waals surface area contributed by atoms with E-state index in [9.17, 15) is 19.2 Å². The van der Waals surface area contributed by atoms with Gasteiger partial charge < -0.3 is 20.5 Å². The third kappa shape index (κ3) is 9.69. The average Bonchev–Trinajstić information content (AvgIpc) is 2.50. The molecule has 0 rings (SSSR count). The van der Waals surface area contributed by atoms with Gasteiger partial charge >= 0.3 is 11.9 Å². The summed E-state index contributed by atoms with van der Waals surface area (Å²) in [6, 6.07) is 0. The summed E-state index contributed by atoms with van der Waals surface area (Å²) in [6.45, 7) is 6.99. The number of hydrogen-bond donors (Lipinski definition) is 2. The molecule has 0 aromatic rings. The number of primary amides is 1. The summed E-state index contributed by atoms with van der Waals surface area (Å²) in [7, 11) is 0. The molecule has 8 nitrogen and oxygen atoms in total. The molecule has 0 aliphatic carbocycles. The third-order valence-corrected chi connectivity index (χ3v) is 3.38. The Morgan fingerprint density at radius 3 is 2.08 bits per heavy atom. The van der Waals surface area contributed by atoms with Gasteiger partial charge in [0.1, 0.15) is 6.61 Å². The van der Waals surface area contributed by atoms with Crippen LogP contribution in [0.15, 0.2) is 0 Å². The lowest BCUT2D eigenvalue weighted by Crippen LogP contribution is -2.49. The van der Waals surface area contributed by atoms with Crippen LogP contribution in [0.3, 0.4) is 0 Å². The minimum atomic E-state index is -1.14. The van der Waals surface area contributed by atoms with Gasteiger partial charge in [-0.25, -0.2) is 0 Å². The molecule has 8 heteroatoms. The lowest BCUT2D eigenvalue weighted by molar-refractivity contribution is -0.169. The van der Waals surface area contributed by atoms with Crippen LogP contribution in [0.25, 0.3) is 0 Å². The normalized spacial score (nSPS) is 12.2. The molecule has 0 spiro atoms. The van der Waals surface area contributed by atoms with E-state index in [-0.39, 0.29) is 38.4 Å². The number of nitrogens with one attached hydrogen (secondary N) is 1. The van der Waals surface area contributed by atoms with Gasteiger partial charge in [-0.2, -0.15) is 0 Å². The summed E-state index contributed by atoms with van der Waals surface area (Å²) in [5, 5.41) is 2.52. The Bertz CT molecular complexity index is 476. The molecular weight excluding hydrogens is 328 g/mol. The predicted molar refractivity (Wildman–Crippen MR) is 91.3 cm³/mol. The molecule has 0 aromatic carbocycles. The summed E-state index contributed by atoms with van der Waals surface area (Å²) in [6.07, 6.45) is 0.530. The lowest BCUT2D eigenvalue weighted by Gasteiger charge is -2.32. The van der Waals surface area contributed by atoms with Crippen molar-refractivity contribution in [2.75, 3.05) is 13.2 Å². The molecule has 0 fully saturated rings. The van der Waals surface area contributed by atoms with E-state index in [0.717, 1.165) is 0 Å². The SMILES string of the molecule is CCCC(=O)OCC(C)(C)[C@@H](OC(=O)CCC)C(=O)NCCC(N)=O. The van der Waals surface area contributed by atoms with Crippen molar-refractivity contribution in [3.8, 4) is 0 Å². The fraction of sp³-hybridized carbons (Fsp3) is 0.765. The van der Waals surface area contributed by atoms with E-state index in [1.165, 1.54) is 0 Å². The van der Waals surface area contributed by atoms with Gasteiger partial charge in [0.15, 0.2) is 6.10 Å². The molecule has 0 aliphatic heterocycles. The maximum absolute atomic E-state index is 12.4. The van der Waals surface area contributed by atoms with E-state index >= 15 is 0 Å². The second-order valence-electron chi connectivity index (χ2n) is 6.53. The van der Waals surface area contributed by atoms with Crippen molar-refractivity contribution in [3.05, 3.63) is 0 Å². The molecule has 2 amide bonds. The Labute approximate surface area is 148 Å². The highest BCUT2D eigenvalue weighted by atomic mass is 16.6. The van der Waals surface area contributed by atoms with Gasteiger partial charge in [-0.05, 0) is 12.8 Å². The summed E-state index contributed by atoms with van der Waals surface area (Å²) in [5.41, 5.74) is 4.11. The first kappa shape index (κ1) is 22.9. The van der Waals surface area contributed by atoms with Crippen LogP contribution < -0.4 is 11.1 Å². The highest BCUT2D eigenvalue weighted by Gasteiger charge is 2.39. The Hall–Kier alpha value is -2.12. The molecule has 25 heavy (non-hydrogen) atoms. The highest BCUT2D eigenvalue weighted by Crippen LogP contribution is 2.25. The number of ether oxygens (including phenoxy) is 2. The smallest absolute Gasteiger partial charge is 0.306 e. The van der Waals surface area contributed by atoms with Crippen molar-refractivity contribution >= 4 is 23.8 Å². The van der Waals surface area contributed by atoms with Crippen LogP contribution in [-0.2, 0) is 28.7 Å². The van der Waals surface area contributed by atoms with Crippen LogP contribution in [0.2, 0.25) is 0 Å². The van der Waals surface area contributed by atoms with Crippen LogP contribution in [0.5, 0.6) is 0 Å². The van der Waals surface area contributed by atoms with Crippen LogP contribution in [0.4, 0.5) is 0 Å². The van der Waals surface area contributed by atoms with Gasteiger partial charge in [-0.3, -0.25) is 19.2 Å². The van der Waals surface area contributed by atoms with Crippen molar-refractivity contribution < 1.29 is 28.7 Å². The van der Waals surface area contributed by atoms with E-state index in [2.05, 4.69) is 5.32 Å². The molecule has 0 radical (unpaired) electrons. The standard InChI is InChI=1S/C17H30N2O6/c1-5-7-13(21)24-11-17(3,4)15(25-14(22)8-6-2)16(23)19-10-9-12(18)20/h15H,5-11H2,1-4H3,(H2,18,20)(H,19,23)/t15-/m0/s1. The topological polar surface area (TPSA) is 125 Å². The number of esters is 2. The lowest BCUT2D eigenvalue weighted by atomic mass is 9.86. The zero-order valence-corrected chi connectivity index (χ0v) is 15.6. The van der Waals surface area contributed by atoms with E-state index in [1.807, 2.05) is 13.8 Å². The van der Waals surface area contributed by atoms with Crippen LogP contribution in [0, 0.1) is 5.41 Å². The quantitative estimate of drug-likeness (QED) is 0.503. The zero-order valence-electron chi connectivity index (χ0n) is 15.6. The van der Waals surface area contributed by atoms with Gasteiger partial charge in [0.05, 0.1) is 0 Å². The fourth-order valence-electron chi connectivity index (χ4n) is 1.98. The number of amides is 2. The Balaban J connectivity index is 4.99. The Kier molecular flexibility index (Phi) is 10.5. The summed E-state index contributed by atoms with van der Waals surface area (Å²) >= 11 is 0. The van der Waals surface area contributed by atoms with Gasteiger partial charge in [0.25, 0.3) is 5.91 Å². The van der Waals surface area contributed by atoms with E-state index < -0.39 is 29.3 Å². The fourth-order valence-corrected chi connectivity index (χ4v) is 1.98. The molecule has 3 N–H and O–H groups in total. The van der Waals surface area contributed by atoms with Crippen LogP contribution >= 0.6 is 0 Å². The van der Waals surface area contributed by atoms with E-state index in [1.54, 1.807) is 13.8 Å². The molecule has 0 saturated carbocycles. The number of nitrogens with two attached hydrogens (primary N) is 1. The van der Waals surface area contributed by atoms with Gasteiger partial charge in [-0.15, -0.1) is 0 Å². The van der Waals surface area contributed by atoms with Gasteiger partial charge in [-0.1, -0.05) is 27.7 Å². The second kappa shape index (κ2) is 11.4. The largest absolute Gasteiger partial charge is 0.465 e. The average molecular weight is 358 g/mol. The number of carbonyl (C=O) groups excluding carboxylic acids is 4. The molecule has 144 valence electrons. The number of carbonyl (C=O) groups is 4. The van der Waals surface area contributed by atoms with Crippen molar-refractivity contribution in [1.82, 2.24) is 5.32 Å². The summed E-state index contributed by atoms with van der Waals surface area (Å²) in [4.78, 5) is 46.6. The van der Waals surface area contributed by atoms with Crippen molar-refractivity contribution in [2.45, 2.75) is 65.9 Å². The summed E-state index contributed by atoms with van der Waals surface area (Å²) < 4.78 is 10.5. The second-order valence-corrected chi connectivity index (χ2v) is 6.53. The molecule has 0 aromatic heterocycles.